The van der Waals surface area contributed by atoms with E-state index in [1.807, 2.05) is 44.2 Å². The molecule has 0 amide bonds. The number of benzene rings is 2. The number of rotatable bonds is 10. The Bertz CT molecular complexity index is 1670. The first kappa shape index (κ1) is 29.7. The lowest BCUT2D eigenvalue weighted by Gasteiger charge is -2.43. The van der Waals surface area contributed by atoms with Crippen LogP contribution in [0.5, 0.6) is 5.75 Å². The lowest BCUT2D eigenvalue weighted by Crippen LogP contribution is -2.46. The SMILES string of the molecule is COc1c(C(=O)C(C)(C)C(C)C2CCN(CCO)C(C)C2)[nH]c2c1c(=O)n(CC(=O)c1ccccc1)c1ccccc21. The Balaban J connectivity index is 1.56. The van der Waals surface area contributed by atoms with Gasteiger partial charge in [0.15, 0.2) is 17.3 Å². The number of aromatic amines is 1. The zero-order valence-corrected chi connectivity index (χ0v) is 25.1. The summed E-state index contributed by atoms with van der Waals surface area (Å²) >= 11 is 0. The van der Waals surface area contributed by atoms with Crippen LogP contribution in [0.2, 0.25) is 0 Å². The maximum Gasteiger partial charge on any atom is 0.264 e. The number of H-pyrrole nitrogens is 1. The molecule has 0 radical (unpaired) electrons. The highest BCUT2D eigenvalue weighted by atomic mass is 16.5. The van der Waals surface area contributed by atoms with Gasteiger partial charge in [0, 0.05) is 29.0 Å². The summed E-state index contributed by atoms with van der Waals surface area (Å²) in [5, 5.41) is 10.4. The van der Waals surface area contributed by atoms with Crippen molar-refractivity contribution in [2.24, 2.45) is 17.3 Å². The van der Waals surface area contributed by atoms with Crippen molar-refractivity contribution in [3.63, 3.8) is 0 Å². The van der Waals surface area contributed by atoms with Gasteiger partial charge in [-0.2, -0.15) is 0 Å². The van der Waals surface area contributed by atoms with Gasteiger partial charge < -0.3 is 14.8 Å². The predicted octanol–water partition coefficient (Wildman–Crippen LogP) is 5.31. The fourth-order valence-electron chi connectivity index (χ4n) is 6.72. The second-order valence-corrected chi connectivity index (χ2v) is 12.2. The third-order valence-electron chi connectivity index (χ3n) is 9.58. The molecular weight excluding hydrogens is 530 g/mol. The van der Waals surface area contributed by atoms with Gasteiger partial charge in [-0.05, 0) is 44.2 Å². The number of ketones is 2. The molecule has 0 bridgehead atoms. The number of aliphatic hydroxyl groups excluding tert-OH is 1. The normalized spacial score (nSPS) is 18.8. The van der Waals surface area contributed by atoms with Gasteiger partial charge in [-0.3, -0.25) is 23.9 Å². The van der Waals surface area contributed by atoms with Crippen molar-refractivity contribution in [2.75, 3.05) is 26.8 Å². The number of carbonyl (C=O) groups is 2. The van der Waals surface area contributed by atoms with E-state index < -0.39 is 5.41 Å². The van der Waals surface area contributed by atoms with Crippen molar-refractivity contribution in [1.82, 2.24) is 14.5 Å². The molecule has 3 unspecified atom stereocenters. The maximum atomic E-state index is 14.3. The van der Waals surface area contributed by atoms with Gasteiger partial charge in [0.05, 0.1) is 31.3 Å². The lowest BCUT2D eigenvalue weighted by molar-refractivity contribution is 0.0405. The molecule has 42 heavy (non-hydrogen) atoms. The summed E-state index contributed by atoms with van der Waals surface area (Å²) in [4.78, 5) is 47.2. The Labute approximate surface area is 246 Å². The average Bonchev–Trinajstić information content (AvgIpc) is 3.40. The van der Waals surface area contributed by atoms with E-state index in [-0.39, 0.29) is 53.0 Å². The van der Waals surface area contributed by atoms with Crippen LogP contribution in [-0.2, 0) is 6.54 Å². The molecule has 1 aliphatic heterocycles. The number of nitrogens with zero attached hydrogens (tertiary/aromatic N) is 2. The summed E-state index contributed by atoms with van der Waals surface area (Å²) in [6, 6.07) is 16.7. The number of likely N-dealkylation sites (tertiary alicyclic amines) is 1. The van der Waals surface area contributed by atoms with E-state index in [2.05, 4.69) is 23.7 Å². The summed E-state index contributed by atoms with van der Waals surface area (Å²) in [5.74, 6) is 0.340. The van der Waals surface area contributed by atoms with Crippen molar-refractivity contribution in [1.29, 1.82) is 0 Å². The van der Waals surface area contributed by atoms with E-state index in [1.54, 1.807) is 24.3 Å². The molecule has 1 aliphatic rings. The van der Waals surface area contributed by atoms with Crippen LogP contribution in [0, 0.1) is 17.3 Å². The largest absolute Gasteiger partial charge is 0.494 e. The van der Waals surface area contributed by atoms with E-state index >= 15 is 0 Å². The van der Waals surface area contributed by atoms with Gasteiger partial charge in [0.1, 0.15) is 11.1 Å². The molecular formula is C34H41N3O5. The van der Waals surface area contributed by atoms with Gasteiger partial charge in [-0.25, -0.2) is 0 Å². The van der Waals surface area contributed by atoms with Gasteiger partial charge in [0.25, 0.3) is 5.56 Å². The number of fused-ring (bicyclic) bond motifs is 3. The molecule has 2 aromatic carbocycles. The number of Topliss-reactive ketones (excluding diaryl/α,β-unsaturated/α-hetero) is 2. The zero-order valence-electron chi connectivity index (χ0n) is 25.1. The first-order valence-electron chi connectivity index (χ1n) is 14.8. The molecule has 8 heteroatoms. The molecule has 0 spiro atoms. The second kappa shape index (κ2) is 11.9. The number of pyridine rings is 1. The number of nitrogens with one attached hydrogen (secondary N) is 1. The van der Waals surface area contributed by atoms with Gasteiger partial charge >= 0.3 is 0 Å². The Morgan fingerprint density at radius 1 is 1.12 bits per heavy atom. The molecule has 1 fully saturated rings. The number of carbonyl (C=O) groups excluding carboxylic acids is 2. The van der Waals surface area contributed by atoms with Crippen LogP contribution in [0.15, 0.2) is 59.4 Å². The minimum Gasteiger partial charge on any atom is -0.494 e. The number of piperidine rings is 1. The molecule has 0 aliphatic carbocycles. The monoisotopic (exact) mass is 571 g/mol. The van der Waals surface area contributed by atoms with Crippen LogP contribution in [0.3, 0.4) is 0 Å². The van der Waals surface area contributed by atoms with E-state index in [0.29, 0.717) is 35.1 Å². The molecule has 2 aromatic heterocycles. The second-order valence-electron chi connectivity index (χ2n) is 12.2. The summed E-state index contributed by atoms with van der Waals surface area (Å²) in [6.45, 7) is 9.85. The molecule has 2 N–H and O–H groups in total. The predicted molar refractivity (Wildman–Crippen MR) is 166 cm³/mol. The summed E-state index contributed by atoms with van der Waals surface area (Å²) in [5.41, 5.74) is 0.834. The van der Waals surface area contributed by atoms with Crippen molar-refractivity contribution in [2.45, 2.75) is 53.1 Å². The quantitative estimate of drug-likeness (QED) is 0.250. The average molecular weight is 572 g/mol. The first-order valence-corrected chi connectivity index (χ1v) is 14.8. The Morgan fingerprint density at radius 3 is 2.48 bits per heavy atom. The van der Waals surface area contributed by atoms with Gasteiger partial charge in [-0.15, -0.1) is 0 Å². The lowest BCUT2D eigenvalue weighted by atomic mass is 9.66. The van der Waals surface area contributed by atoms with Crippen LogP contribution in [-0.4, -0.2) is 64.0 Å². The van der Waals surface area contributed by atoms with E-state index in [1.165, 1.54) is 11.7 Å². The molecule has 5 rings (SSSR count). The number of β-amino-alcohol motifs (C(OH)–C–C–N with tert-alkyl or cyclic N) is 1. The first-order chi connectivity index (χ1) is 20.1. The molecule has 3 heterocycles. The number of hydrogen-bond acceptors (Lipinski definition) is 6. The van der Waals surface area contributed by atoms with Crippen LogP contribution in [0.4, 0.5) is 0 Å². The highest BCUT2D eigenvalue weighted by Gasteiger charge is 2.43. The highest BCUT2D eigenvalue weighted by Crippen LogP contribution is 2.43. The van der Waals surface area contributed by atoms with Crippen LogP contribution in [0.25, 0.3) is 21.8 Å². The fraction of sp³-hybridized carbons (Fsp3) is 0.441. The molecule has 8 nitrogen and oxygen atoms in total. The number of methoxy groups -OCH3 is 1. The van der Waals surface area contributed by atoms with Crippen LogP contribution in [0.1, 0.15) is 61.4 Å². The van der Waals surface area contributed by atoms with Gasteiger partial charge in [0.2, 0.25) is 0 Å². The summed E-state index contributed by atoms with van der Waals surface area (Å²) in [7, 11) is 1.47. The molecule has 0 saturated carbocycles. The zero-order chi connectivity index (χ0) is 30.2. The smallest absolute Gasteiger partial charge is 0.264 e. The third-order valence-corrected chi connectivity index (χ3v) is 9.58. The Kier molecular flexibility index (Phi) is 8.39. The van der Waals surface area contributed by atoms with E-state index in [0.717, 1.165) is 24.8 Å². The maximum absolute atomic E-state index is 14.3. The molecule has 1 saturated heterocycles. The fourth-order valence-corrected chi connectivity index (χ4v) is 6.72. The highest BCUT2D eigenvalue weighted by molar-refractivity contribution is 6.13. The van der Waals surface area contributed by atoms with Crippen molar-refractivity contribution < 1.29 is 19.4 Å². The van der Waals surface area contributed by atoms with Crippen LogP contribution >= 0.6 is 0 Å². The number of para-hydroxylation sites is 1. The van der Waals surface area contributed by atoms with Crippen molar-refractivity contribution in [3.05, 3.63) is 76.2 Å². The molecule has 4 aromatic rings. The molecule has 222 valence electrons. The minimum absolute atomic E-state index is 0.0664. The van der Waals surface area contributed by atoms with Gasteiger partial charge in [-0.1, -0.05) is 69.3 Å². The van der Waals surface area contributed by atoms with Crippen molar-refractivity contribution >= 4 is 33.4 Å². The number of aliphatic hydroxyl groups is 1. The topological polar surface area (TPSA) is 105 Å². The number of ether oxygens (including phenoxy) is 1. The summed E-state index contributed by atoms with van der Waals surface area (Å²) < 4.78 is 7.27. The Hall–Kier alpha value is -3.75. The standard InChI is InChI=1S/C34H41N3O5/c1-21-19-24(15-16-36(21)17-18-38)22(2)34(3,4)32(40)30-31(42-5)28-29(35-30)25-13-9-10-14-26(25)37(33(28)41)20-27(39)23-11-7-6-8-12-23/h6-14,21-22,24,35,38H,15-20H2,1-5H3. The van der Waals surface area contributed by atoms with Crippen molar-refractivity contribution in [3.8, 4) is 5.75 Å². The third kappa shape index (κ3) is 5.18. The summed E-state index contributed by atoms with van der Waals surface area (Å²) in [6.07, 6.45) is 1.91. The number of aromatic nitrogens is 2. The minimum atomic E-state index is -0.740. The number of hydrogen-bond donors (Lipinski definition) is 2. The Morgan fingerprint density at radius 2 is 1.81 bits per heavy atom. The molecule has 3 atom stereocenters. The van der Waals surface area contributed by atoms with Crippen LogP contribution < -0.4 is 10.3 Å². The van der Waals surface area contributed by atoms with E-state index in [4.69, 9.17) is 4.74 Å². The van der Waals surface area contributed by atoms with E-state index in [9.17, 15) is 19.5 Å².